The smallest absolute Gasteiger partial charge is 0.335 e. The topological polar surface area (TPSA) is 186 Å². The maximum absolute atomic E-state index is 12.8. The van der Waals surface area contributed by atoms with Crippen molar-refractivity contribution in [1.82, 2.24) is 15.7 Å². The summed E-state index contributed by atoms with van der Waals surface area (Å²) in [6, 6.07) is 6.27. The molecule has 2 atom stereocenters. The number of carboxylic acid groups (broad SMARTS) is 2. The van der Waals surface area contributed by atoms with E-state index in [9.17, 15) is 34.3 Å². The van der Waals surface area contributed by atoms with Crippen LogP contribution in [0.2, 0.25) is 0 Å². The lowest BCUT2D eigenvalue weighted by atomic mass is 9.90. The zero-order valence-electron chi connectivity index (χ0n) is 21.3. The van der Waals surface area contributed by atoms with Gasteiger partial charge in [0.1, 0.15) is 5.76 Å². The highest BCUT2D eigenvalue weighted by Crippen LogP contribution is 2.26. The second kappa shape index (κ2) is 14.5. The largest absolute Gasteiger partial charge is 0.481 e. The zero-order valence-corrected chi connectivity index (χ0v) is 21.3. The molecule has 12 heteroatoms. The molecular weight excluding hydrogens is 498 g/mol. The quantitative estimate of drug-likeness (QED) is 0.0713. The fourth-order valence-corrected chi connectivity index (χ4v) is 4.16. The second-order valence-electron chi connectivity index (χ2n) is 8.70. The number of carboxylic acids is 2. The van der Waals surface area contributed by atoms with Crippen LogP contribution in [0.5, 0.6) is 0 Å². The first-order chi connectivity index (χ1) is 18.1. The van der Waals surface area contributed by atoms with E-state index in [4.69, 9.17) is 9.52 Å². The molecule has 0 saturated carbocycles. The molecule has 0 spiro atoms. The first-order valence-electron chi connectivity index (χ1n) is 12.3. The SMILES string of the molecule is CCCCCC(C(=O)NCNC(=O)c1ccc(-c2ccc(C(=O)O)c(CC(=O)O)c2)o1)[C@@H](CC)N(O)C=O. The maximum Gasteiger partial charge on any atom is 0.335 e. The zero-order chi connectivity index (χ0) is 28.2. The lowest BCUT2D eigenvalue weighted by Crippen LogP contribution is -2.47. The summed E-state index contributed by atoms with van der Waals surface area (Å²) in [6.45, 7) is 3.55. The van der Waals surface area contributed by atoms with E-state index < -0.39 is 42.1 Å². The highest BCUT2D eigenvalue weighted by atomic mass is 16.5. The van der Waals surface area contributed by atoms with Gasteiger partial charge >= 0.3 is 11.9 Å². The van der Waals surface area contributed by atoms with Crippen molar-refractivity contribution in [1.29, 1.82) is 0 Å². The van der Waals surface area contributed by atoms with Gasteiger partial charge < -0.3 is 25.3 Å². The van der Waals surface area contributed by atoms with Gasteiger partial charge in [0.15, 0.2) is 5.76 Å². The average molecular weight is 532 g/mol. The number of aromatic carboxylic acids is 1. The van der Waals surface area contributed by atoms with E-state index in [0.29, 0.717) is 23.5 Å². The van der Waals surface area contributed by atoms with Crippen LogP contribution in [0.3, 0.4) is 0 Å². The Labute approximate surface area is 219 Å². The highest BCUT2D eigenvalue weighted by molar-refractivity contribution is 5.93. The minimum atomic E-state index is -1.26. The molecule has 0 bridgehead atoms. The Morgan fingerprint density at radius 1 is 1.05 bits per heavy atom. The number of aliphatic carboxylic acids is 1. The molecule has 0 saturated heterocycles. The van der Waals surface area contributed by atoms with Gasteiger partial charge in [-0.15, -0.1) is 0 Å². The van der Waals surface area contributed by atoms with Gasteiger partial charge in [-0.1, -0.05) is 39.2 Å². The summed E-state index contributed by atoms with van der Waals surface area (Å²) in [5.74, 6) is -4.02. The number of hydroxylamine groups is 2. The number of benzene rings is 1. The molecular formula is C26H33N3O9. The van der Waals surface area contributed by atoms with E-state index in [0.717, 1.165) is 19.3 Å². The first kappa shape index (κ1) is 30.0. The molecule has 0 aliphatic heterocycles. The summed E-state index contributed by atoms with van der Waals surface area (Å²) in [5, 5.41) is 33.9. The Morgan fingerprint density at radius 3 is 2.39 bits per heavy atom. The normalized spacial score (nSPS) is 12.3. The third-order valence-electron chi connectivity index (χ3n) is 6.09. The predicted molar refractivity (Wildman–Crippen MR) is 134 cm³/mol. The van der Waals surface area contributed by atoms with Crippen molar-refractivity contribution in [2.24, 2.45) is 5.92 Å². The van der Waals surface area contributed by atoms with Crippen molar-refractivity contribution >= 4 is 30.2 Å². The van der Waals surface area contributed by atoms with Gasteiger partial charge in [0.2, 0.25) is 12.3 Å². The first-order valence-corrected chi connectivity index (χ1v) is 12.3. The average Bonchev–Trinajstić information content (AvgIpc) is 3.38. The number of furan rings is 1. The van der Waals surface area contributed by atoms with Gasteiger partial charge in [-0.25, -0.2) is 9.86 Å². The van der Waals surface area contributed by atoms with Crippen LogP contribution in [0, 0.1) is 5.92 Å². The van der Waals surface area contributed by atoms with Crippen LogP contribution in [-0.4, -0.2) is 63.4 Å². The van der Waals surface area contributed by atoms with E-state index in [2.05, 4.69) is 10.6 Å². The number of hydrogen-bond acceptors (Lipinski definition) is 7. The molecule has 2 aromatic rings. The van der Waals surface area contributed by atoms with Crippen LogP contribution in [0.25, 0.3) is 11.3 Å². The fraction of sp³-hybridized carbons (Fsp3) is 0.423. The van der Waals surface area contributed by atoms with Crippen LogP contribution in [0.15, 0.2) is 34.7 Å². The molecule has 1 aromatic carbocycles. The third-order valence-corrected chi connectivity index (χ3v) is 6.09. The van der Waals surface area contributed by atoms with Crippen molar-refractivity contribution in [3.05, 3.63) is 47.2 Å². The van der Waals surface area contributed by atoms with Crippen LogP contribution >= 0.6 is 0 Å². The Kier molecular flexibility index (Phi) is 11.5. The number of carbonyl (C=O) groups is 5. The molecule has 0 fully saturated rings. The van der Waals surface area contributed by atoms with E-state index in [1.54, 1.807) is 6.92 Å². The Morgan fingerprint density at radius 2 is 1.79 bits per heavy atom. The summed E-state index contributed by atoms with van der Waals surface area (Å²) in [7, 11) is 0. The molecule has 1 heterocycles. The molecule has 0 radical (unpaired) electrons. The van der Waals surface area contributed by atoms with E-state index in [1.165, 1.54) is 30.3 Å². The van der Waals surface area contributed by atoms with Gasteiger partial charge in [-0.2, -0.15) is 0 Å². The number of nitrogens with zero attached hydrogens (tertiary/aromatic N) is 1. The van der Waals surface area contributed by atoms with Crippen LogP contribution in [0.1, 0.15) is 72.4 Å². The van der Waals surface area contributed by atoms with Crippen molar-refractivity contribution in [3.63, 3.8) is 0 Å². The number of rotatable bonds is 16. The van der Waals surface area contributed by atoms with Crippen LogP contribution in [0.4, 0.5) is 0 Å². The second-order valence-corrected chi connectivity index (χ2v) is 8.70. The minimum absolute atomic E-state index is 0.0789. The van der Waals surface area contributed by atoms with Gasteiger partial charge in [0.05, 0.1) is 30.6 Å². The number of unbranched alkanes of at least 4 members (excludes halogenated alkanes) is 2. The summed E-state index contributed by atoms with van der Waals surface area (Å²) in [4.78, 5) is 58.9. The third kappa shape index (κ3) is 8.17. The lowest BCUT2D eigenvalue weighted by molar-refractivity contribution is -0.168. The van der Waals surface area contributed by atoms with Crippen LogP contribution < -0.4 is 10.6 Å². The fourth-order valence-electron chi connectivity index (χ4n) is 4.16. The molecule has 2 rings (SSSR count). The summed E-state index contributed by atoms with van der Waals surface area (Å²) < 4.78 is 5.57. The number of amides is 3. The maximum atomic E-state index is 12.8. The summed E-state index contributed by atoms with van der Waals surface area (Å²) in [6.07, 6.45) is 3.16. The molecule has 0 aliphatic rings. The van der Waals surface area contributed by atoms with Gasteiger partial charge in [-0.05, 0) is 42.7 Å². The van der Waals surface area contributed by atoms with Crippen molar-refractivity contribution in [3.8, 4) is 11.3 Å². The van der Waals surface area contributed by atoms with E-state index in [-0.39, 0.29) is 35.7 Å². The standard InChI is InChI=1S/C26H33N3O9/c1-3-5-6-7-19(20(4-2)29(37)15-30)24(33)27-14-28-25(34)22-11-10-21(38-22)16-8-9-18(26(35)36)17(12-16)13-23(31)32/h8-12,15,19-20,37H,3-7,13-14H2,1-2H3,(H,27,33)(H,28,34)(H,31,32)(H,35,36)/t19?,20-/m1/s1. The minimum Gasteiger partial charge on any atom is -0.481 e. The molecule has 5 N–H and O–H groups in total. The Bertz CT molecular complexity index is 1140. The molecule has 0 aliphatic carbocycles. The molecule has 1 unspecified atom stereocenters. The lowest BCUT2D eigenvalue weighted by Gasteiger charge is -2.29. The van der Waals surface area contributed by atoms with E-state index >= 15 is 0 Å². The summed E-state index contributed by atoms with van der Waals surface area (Å²) in [5.41, 5.74) is 0.331. The molecule has 1 aromatic heterocycles. The number of nitrogens with one attached hydrogen (secondary N) is 2. The number of carbonyl (C=O) groups excluding carboxylic acids is 3. The van der Waals surface area contributed by atoms with Crippen molar-refractivity contribution in [2.75, 3.05) is 6.67 Å². The van der Waals surface area contributed by atoms with Crippen molar-refractivity contribution in [2.45, 2.75) is 58.4 Å². The van der Waals surface area contributed by atoms with E-state index in [1.807, 2.05) is 6.92 Å². The van der Waals surface area contributed by atoms with Crippen LogP contribution in [-0.2, 0) is 20.8 Å². The van der Waals surface area contributed by atoms with Gasteiger partial charge in [0.25, 0.3) is 5.91 Å². The predicted octanol–water partition coefficient (Wildman–Crippen LogP) is 2.90. The Balaban J connectivity index is 2.06. The highest BCUT2D eigenvalue weighted by Gasteiger charge is 2.30. The monoisotopic (exact) mass is 531 g/mol. The van der Waals surface area contributed by atoms with Gasteiger partial charge in [-0.3, -0.25) is 24.4 Å². The Hall–Kier alpha value is -4.19. The molecule has 12 nitrogen and oxygen atoms in total. The van der Waals surface area contributed by atoms with Crippen molar-refractivity contribution < 1.29 is 43.8 Å². The molecule has 38 heavy (non-hydrogen) atoms. The van der Waals surface area contributed by atoms with Gasteiger partial charge in [0, 0.05) is 5.56 Å². The number of hydrogen-bond donors (Lipinski definition) is 5. The summed E-state index contributed by atoms with van der Waals surface area (Å²) >= 11 is 0. The molecule has 3 amide bonds. The molecule has 206 valence electrons.